The molecule has 15 heteroatoms. The minimum Gasteiger partial charge on any atom is -0.465 e. The maximum Gasteiger partial charge on any atom is 0.459 e. The van der Waals surface area contributed by atoms with Gasteiger partial charge in [-0.1, -0.05) is 48.5 Å². The molecule has 0 amide bonds. The molecule has 0 saturated carbocycles. The number of benzene rings is 2. The number of aliphatic hydroxyl groups is 2. The van der Waals surface area contributed by atoms with Crippen molar-refractivity contribution in [2.75, 3.05) is 18.9 Å². The van der Waals surface area contributed by atoms with Crippen LogP contribution in [0.15, 0.2) is 79.1 Å². The molecule has 236 valence electrons. The number of nitrogens with zero attached hydrogens (tertiary/aromatic N) is 4. The quantitative estimate of drug-likeness (QED) is 0.123. The Bertz CT molecular complexity index is 1700. The molecular formula is C30H33N6O8P. The highest BCUT2D eigenvalue weighted by Gasteiger charge is 2.58. The second-order valence-electron chi connectivity index (χ2n) is 10.3. The maximum absolute atomic E-state index is 14.3. The summed E-state index contributed by atoms with van der Waals surface area (Å²) in [5.41, 5.74) is 5.22. The van der Waals surface area contributed by atoms with E-state index in [2.05, 4.69) is 15.2 Å². The minimum atomic E-state index is -4.40. The van der Waals surface area contributed by atoms with Crippen molar-refractivity contribution in [3.05, 3.63) is 90.4 Å². The van der Waals surface area contributed by atoms with E-state index in [1.807, 2.05) is 36.4 Å². The van der Waals surface area contributed by atoms with E-state index in [0.717, 1.165) is 5.56 Å². The zero-order valence-electron chi connectivity index (χ0n) is 24.3. The number of carbonyl (C=O) groups is 1. The molecule has 5 N–H and O–H groups in total. The Hall–Kier alpha value is -4.35. The lowest BCUT2D eigenvalue weighted by molar-refractivity contribution is -0.145. The largest absolute Gasteiger partial charge is 0.465 e. The van der Waals surface area contributed by atoms with Gasteiger partial charge in [-0.15, -0.1) is 0 Å². The number of carbonyl (C=O) groups excluding carboxylic acids is 1. The molecule has 2 aromatic carbocycles. The van der Waals surface area contributed by atoms with Crippen molar-refractivity contribution in [2.24, 2.45) is 0 Å². The van der Waals surface area contributed by atoms with Crippen molar-refractivity contribution in [2.45, 2.75) is 49.7 Å². The number of nitrogens with one attached hydrogen (secondary N) is 1. The van der Waals surface area contributed by atoms with E-state index < -0.39 is 50.3 Å². The summed E-state index contributed by atoms with van der Waals surface area (Å²) in [7, 11) is -4.40. The van der Waals surface area contributed by atoms with Gasteiger partial charge in [0.25, 0.3) is 0 Å². The number of ether oxygens (including phenoxy) is 2. The molecule has 2 aromatic heterocycles. The summed E-state index contributed by atoms with van der Waals surface area (Å²) in [5.74, 6) is -0.354. The molecule has 6 atom stereocenters. The third-order valence-electron chi connectivity index (χ3n) is 7.31. The summed E-state index contributed by atoms with van der Waals surface area (Å²) in [4.78, 5) is 16.9. The normalized spacial score (nSPS) is 23.2. The number of fused-ring (bicyclic) bond motifs is 1. The van der Waals surface area contributed by atoms with Crippen molar-refractivity contribution in [1.82, 2.24) is 19.7 Å². The first-order valence-electron chi connectivity index (χ1n) is 14.2. The van der Waals surface area contributed by atoms with Gasteiger partial charge in [0.15, 0.2) is 5.82 Å². The zero-order valence-corrected chi connectivity index (χ0v) is 25.2. The Balaban J connectivity index is 1.39. The molecule has 0 aliphatic carbocycles. The first-order valence-corrected chi connectivity index (χ1v) is 15.8. The van der Waals surface area contributed by atoms with Crippen molar-refractivity contribution in [3.63, 3.8) is 0 Å². The number of hydrogen-bond acceptors (Lipinski definition) is 12. The molecule has 14 nitrogen and oxygen atoms in total. The van der Waals surface area contributed by atoms with Crippen molar-refractivity contribution in [1.29, 1.82) is 5.26 Å². The van der Waals surface area contributed by atoms with E-state index in [9.17, 15) is 24.8 Å². The molecule has 5 rings (SSSR count). The van der Waals surface area contributed by atoms with Crippen LogP contribution < -0.4 is 15.3 Å². The number of nitrogen functional groups attached to an aromatic ring is 1. The number of anilines is 1. The number of rotatable bonds is 13. The average Bonchev–Trinajstić information content (AvgIpc) is 3.59. The standard InChI is InChI=1S/C30H33N6O8P/c1-2-41-29(39)22(14-13-20-9-5-3-6-10-20)35-45(40,44-21-11-7-4-8-12-21)42-17-24-26(37)27(38)30(18-31,43-24)25-16-15-23-28(32)33-19-34-36(23)25/h3-12,15-16,19,22,24,26-27,37-38H,2,13-14,17H2,1H3,(H,35,40)(H2,32,33,34)/t22-,24+,26+,27+,30-,45?/m0/s1. The van der Waals surface area contributed by atoms with Crippen LogP contribution in [0.3, 0.4) is 0 Å². The fourth-order valence-corrected chi connectivity index (χ4v) is 6.60. The zero-order chi connectivity index (χ0) is 32.0. The molecule has 1 aliphatic rings. The smallest absolute Gasteiger partial charge is 0.459 e. The molecule has 1 saturated heterocycles. The van der Waals surface area contributed by atoms with Gasteiger partial charge in [0.05, 0.1) is 18.9 Å². The van der Waals surface area contributed by atoms with Gasteiger partial charge in [-0.3, -0.25) is 9.32 Å². The van der Waals surface area contributed by atoms with Crippen molar-refractivity contribution < 1.29 is 38.1 Å². The van der Waals surface area contributed by atoms with Crippen molar-refractivity contribution >= 4 is 25.1 Å². The fraction of sp³-hybridized carbons (Fsp3) is 0.333. The molecule has 0 bridgehead atoms. The predicted molar refractivity (Wildman–Crippen MR) is 161 cm³/mol. The Morgan fingerprint density at radius 3 is 2.58 bits per heavy atom. The SMILES string of the molecule is CCOC(=O)[C@H](CCc1ccccc1)NP(=O)(OC[C@H]1O[C@@](C#N)(c2ccc3c(N)ncnn23)[C@H](O)[C@@H]1O)Oc1ccccc1. The number of nitrogens with two attached hydrogens (primary N) is 1. The molecule has 4 aromatic rings. The molecule has 0 spiro atoms. The van der Waals surface area contributed by atoms with E-state index in [1.54, 1.807) is 43.3 Å². The lowest BCUT2D eigenvalue weighted by atomic mass is 9.92. The molecule has 45 heavy (non-hydrogen) atoms. The summed E-state index contributed by atoms with van der Waals surface area (Å²) in [6, 6.07) is 21.5. The molecule has 0 radical (unpaired) electrons. The van der Waals surface area contributed by atoms with Crippen LogP contribution in [0.4, 0.5) is 5.82 Å². The van der Waals surface area contributed by atoms with Gasteiger partial charge in [0.2, 0.25) is 5.60 Å². The van der Waals surface area contributed by atoms with Gasteiger partial charge in [-0.25, -0.2) is 14.1 Å². The minimum absolute atomic E-state index is 0.0910. The highest BCUT2D eigenvalue weighted by atomic mass is 31.2. The number of aryl methyl sites for hydroxylation is 1. The predicted octanol–water partition coefficient (Wildman–Crippen LogP) is 2.51. The van der Waals surface area contributed by atoms with Crippen LogP contribution in [0.2, 0.25) is 0 Å². The van der Waals surface area contributed by atoms with E-state index in [4.69, 9.17) is 24.3 Å². The number of para-hydroxylation sites is 1. The second-order valence-corrected chi connectivity index (χ2v) is 11.9. The first-order chi connectivity index (χ1) is 21.7. The Morgan fingerprint density at radius 1 is 1.18 bits per heavy atom. The molecule has 1 fully saturated rings. The molecule has 1 unspecified atom stereocenters. The third-order valence-corrected chi connectivity index (χ3v) is 8.88. The monoisotopic (exact) mass is 636 g/mol. The Kier molecular flexibility index (Phi) is 9.79. The number of aromatic nitrogens is 3. The van der Waals surface area contributed by atoms with Crippen LogP contribution in [-0.4, -0.2) is 68.3 Å². The first kappa shape index (κ1) is 32.1. The third kappa shape index (κ3) is 6.84. The van der Waals surface area contributed by atoms with Crippen LogP contribution in [0.25, 0.3) is 5.52 Å². The molecule has 3 heterocycles. The van der Waals surface area contributed by atoms with E-state index in [0.29, 0.717) is 11.9 Å². The van der Waals surface area contributed by atoms with Crippen LogP contribution in [0, 0.1) is 11.3 Å². The number of hydrogen-bond donors (Lipinski definition) is 4. The van der Waals surface area contributed by atoms with Crippen LogP contribution in [-0.2, 0) is 35.4 Å². The van der Waals surface area contributed by atoms with Gasteiger partial charge in [0.1, 0.15) is 48.0 Å². The Labute approximate surface area is 258 Å². The van der Waals surface area contributed by atoms with Crippen LogP contribution in [0.1, 0.15) is 24.6 Å². The molecular weight excluding hydrogens is 603 g/mol. The summed E-state index contributed by atoms with van der Waals surface area (Å²) >= 11 is 0. The van der Waals surface area contributed by atoms with E-state index >= 15 is 0 Å². The van der Waals surface area contributed by atoms with Gasteiger partial charge < -0.3 is 29.9 Å². The molecule has 1 aliphatic heterocycles. The average molecular weight is 637 g/mol. The summed E-state index contributed by atoms with van der Waals surface area (Å²) in [6.45, 7) is 1.14. The summed E-state index contributed by atoms with van der Waals surface area (Å²) in [6.07, 6.45) is -2.95. The number of aliphatic hydroxyl groups excluding tert-OH is 2. The van der Waals surface area contributed by atoms with Gasteiger partial charge in [-0.05, 0) is 49.6 Å². The number of esters is 1. The fourth-order valence-electron chi connectivity index (χ4n) is 5.06. The van der Waals surface area contributed by atoms with Crippen molar-refractivity contribution in [3.8, 4) is 11.8 Å². The lowest BCUT2D eigenvalue weighted by Crippen LogP contribution is -2.41. The summed E-state index contributed by atoms with van der Waals surface area (Å²) < 4.78 is 38.3. The van der Waals surface area contributed by atoms with E-state index in [1.165, 1.54) is 16.9 Å². The van der Waals surface area contributed by atoms with Gasteiger partial charge in [0, 0.05) is 0 Å². The highest BCUT2D eigenvalue weighted by molar-refractivity contribution is 7.52. The van der Waals surface area contributed by atoms with Crippen LogP contribution in [0.5, 0.6) is 5.75 Å². The van der Waals surface area contributed by atoms with Gasteiger partial charge in [-0.2, -0.15) is 15.4 Å². The number of nitriles is 1. The topological polar surface area (TPSA) is 204 Å². The van der Waals surface area contributed by atoms with Crippen LogP contribution >= 0.6 is 7.75 Å². The summed E-state index contributed by atoms with van der Waals surface area (Å²) in [5, 5.41) is 39.1. The Morgan fingerprint density at radius 2 is 1.89 bits per heavy atom. The van der Waals surface area contributed by atoms with E-state index in [-0.39, 0.29) is 30.3 Å². The van der Waals surface area contributed by atoms with Gasteiger partial charge >= 0.3 is 13.7 Å². The highest BCUT2D eigenvalue weighted by Crippen LogP contribution is 2.47. The lowest BCUT2D eigenvalue weighted by Gasteiger charge is -2.26. The maximum atomic E-state index is 14.3. The second kappa shape index (κ2) is 13.7.